The molecule has 11 aromatic rings. The van der Waals surface area contributed by atoms with Crippen molar-refractivity contribution in [2.75, 3.05) is 0 Å². The Balaban J connectivity index is 1.21. The molecule has 2 heterocycles. The van der Waals surface area contributed by atoms with Crippen LogP contribution < -0.4 is 0 Å². The Morgan fingerprint density at radius 1 is 0.323 bits per heavy atom. The number of fused-ring (bicyclic) bond motifs is 6. The van der Waals surface area contributed by atoms with Gasteiger partial charge < -0.3 is 9.13 Å². The van der Waals surface area contributed by atoms with E-state index >= 15 is 0 Å². The third kappa shape index (κ3) is 6.67. The van der Waals surface area contributed by atoms with Crippen LogP contribution in [0, 0.1) is 57.3 Å². The molecular formula is C61H44N4. The van der Waals surface area contributed by atoms with E-state index in [4.69, 9.17) is 0 Å². The lowest BCUT2D eigenvalue weighted by molar-refractivity contribution is 1.16. The highest BCUT2D eigenvalue weighted by Gasteiger charge is 2.23. The van der Waals surface area contributed by atoms with Crippen LogP contribution >= 0.6 is 0 Å². The van der Waals surface area contributed by atoms with Crippen LogP contribution in [-0.2, 0) is 0 Å². The number of hydrogen-bond acceptors (Lipinski definition) is 2. The van der Waals surface area contributed by atoms with Crippen LogP contribution in [0.15, 0.2) is 176 Å². The Hall–Kier alpha value is -8.44. The number of benzene rings is 9. The zero-order chi connectivity index (χ0) is 44.5. The normalized spacial score (nSPS) is 11.4. The number of nitrogens with zero attached hydrogens (tertiary/aromatic N) is 4. The van der Waals surface area contributed by atoms with Gasteiger partial charge in [0.05, 0.1) is 56.7 Å². The Bertz CT molecular complexity index is 3820. The summed E-state index contributed by atoms with van der Waals surface area (Å²) in [7, 11) is 0. The number of nitriles is 2. The first-order chi connectivity index (χ1) is 31.6. The Morgan fingerprint density at radius 2 is 0.785 bits per heavy atom. The largest absolute Gasteiger partial charge is 0.309 e. The fourth-order valence-electron chi connectivity index (χ4n) is 10.3. The number of aromatic nitrogens is 2. The standard InChI is InChI=1S/C61H44N4/c1-37-24-38(2)27-47(26-37)44-16-21-58-53(32-44)50-10-6-8-12-56(50)64(58)59-23-18-46(49-19-14-42(35-62)30-41(49)5)34-55(59)52-20-15-43(36-63)31-61(52)65-57-13-9-7-11-51(57)54-33-45(17-22-60(54)65)48-28-39(3)25-40(4)29-48/h6-34H,1-5H3. The molecule has 11 rings (SSSR count). The molecule has 0 aliphatic carbocycles. The second kappa shape index (κ2) is 15.4. The van der Waals surface area contributed by atoms with Crippen LogP contribution in [0.4, 0.5) is 0 Å². The van der Waals surface area contributed by atoms with Crippen LogP contribution in [0.1, 0.15) is 38.9 Å². The molecule has 0 unspecified atom stereocenters. The molecule has 0 bridgehead atoms. The first-order valence-corrected chi connectivity index (χ1v) is 22.1. The number of para-hydroxylation sites is 2. The summed E-state index contributed by atoms with van der Waals surface area (Å²) in [5.74, 6) is 0. The Labute approximate surface area is 379 Å². The summed E-state index contributed by atoms with van der Waals surface area (Å²) in [6.07, 6.45) is 0. The zero-order valence-corrected chi connectivity index (χ0v) is 37.0. The van der Waals surface area contributed by atoms with Crippen molar-refractivity contribution in [3.8, 4) is 68.0 Å². The monoisotopic (exact) mass is 832 g/mol. The van der Waals surface area contributed by atoms with Crippen molar-refractivity contribution in [1.29, 1.82) is 10.5 Å². The van der Waals surface area contributed by atoms with Crippen molar-refractivity contribution in [2.24, 2.45) is 0 Å². The van der Waals surface area contributed by atoms with E-state index in [9.17, 15) is 10.5 Å². The van der Waals surface area contributed by atoms with Crippen LogP contribution in [0.25, 0.3) is 99.5 Å². The molecule has 0 N–H and O–H groups in total. The van der Waals surface area contributed by atoms with Gasteiger partial charge in [-0.05, 0) is 146 Å². The van der Waals surface area contributed by atoms with E-state index in [1.807, 2.05) is 24.3 Å². The van der Waals surface area contributed by atoms with Crippen molar-refractivity contribution in [2.45, 2.75) is 34.6 Å². The summed E-state index contributed by atoms with van der Waals surface area (Å²) in [4.78, 5) is 0. The lowest BCUT2D eigenvalue weighted by Gasteiger charge is -2.20. The average Bonchev–Trinajstić information content (AvgIpc) is 3.82. The smallest absolute Gasteiger partial charge is 0.0992 e. The molecule has 4 nitrogen and oxygen atoms in total. The van der Waals surface area contributed by atoms with Gasteiger partial charge in [0.1, 0.15) is 0 Å². The van der Waals surface area contributed by atoms with Crippen molar-refractivity contribution < 1.29 is 0 Å². The predicted molar refractivity (Wildman–Crippen MR) is 270 cm³/mol. The SMILES string of the molecule is Cc1cc(C)cc(-c2ccc3c(c2)c2ccccc2n3-c2ccc(-c3ccc(C#N)cc3C)cc2-c2ccc(C#N)cc2-n2c3ccccc3c3cc(-c4cc(C)cc(C)c4)ccc32)c1. The van der Waals surface area contributed by atoms with Crippen molar-refractivity contribution in [1.82, 2.24) is 9.13 Å². The minimum atomic E-state index is 0.581. The molecule has 0 amide bonds. The second-order valence-corrected chi connectivity index (χ2v) is 17.6. The molecule has 0 fully saturated rings. The molecule has 0 saturated carbocycles. The van der Waals surface area contributed by atoms with Crippen LogP contribution in [0.3, 0.4) is 0 Å². The van der Waals surface area contributed by atoms with E-state index in [0.29, 0.717) is 11.1 Å². The van der Waals surface area contributed by atoms with Gasteiger partial charge in [0.25, 0.3) is 0 Å². The van der Waals surface area contributed by atoms with Gasteiger partial charge in [0.2, 0.25) is 0 Å². The van der Waals surface area contributed by atoms with Gasteiger partial charge >= 0.3 is 0 Å². The zero-order valence-electron chi connectivity index (χ0n) is 37.0. The van der Waals surface area contributed by atoms with Crippen LogP contribution in [0.5, 0.6) is 0 Å². The van der Waals surface area contributed by atoms with Gasteiger partial charge in [-0.2, -0.15) is 10.5 Å². The lowest BCUT2D eigenvalue weighted by atomic mass is 9.92. The minimum absolute atomic E-state index is 0.581. The molecule has 0 aliphatic rings. The van der Waals surface area contributed by atoms with Gasteiger partial charge in [-0.1, -0.05) is 125 Å². The summed E-state index contributed by atoms with van der Waals surface area (Å²) in [6.45, 7) is 10.7. The van der Waals surface area contributed by atoms with Gasteiger partial charge in [0, 0.05) is 32.7 Å². The van der Waals surface area contributed by atoms with E-state index in [1.54, 1.807) is 0 Å². The maximum atomic E-state index is 10.5. The molecule has 0 spiro atoms. The molecule has 4 heteroatoms. The third-order valence-electron chi connectivity index (χ3n) is 13.0. The highest BCUT2D eigenvalue weighted by Crippen LogP contribution is 2.44. The van der Waals surface area contributed by atoms with Crippen LogP contribution in [-0.4, -0.2) is 9.13 Å². The summed E-state index contributed by atoms with van der Waals surface area (Å²) >= 11 is 0. The van der Waals surface area contributed by atoms with E-state index < -0.39 is 0 Å². The van der Waals surface area contributed by atoms with E-state index in [0.717, 1.165) is 77.6 Å². The molecule has 308 valence electrons. The summed E-state index contributed by atoms with van der Waals surface area (Å²) in [5.41, 5.74) is 22.3. The molecule has 0 atom stereocenters. The molecule has 0 radical (unpaired) electrons. The molecule has 2 aromatic heterocycles. The predicted octanol–water partition coefficient (Wildman–Crippen LogP) is 15.8. The molecule has 65 heavy (non-hydrogen) atoms. The fourth-order valence-corrected chi connectivity index (χ4v) is 10.3. The molecule has 0 aliphatic heterocycles. The lowest BCUT2D eigenvalue weighted by Crippen LogP contribution is -2.03. The van der Waals surface area contributed by atoms with Gasteiger partial charge in [-0.3, -0.25) is 0 Å². The van der Waals surface area contributed by atoms with Gasteiger partial charge in [0.15, 0.2) is 0 Å². The summed E-state index contributed by atoms with van der Waals surface area (Å²) < 4.78 is 4.75. The Morgan fingerprint density at radius 3 is 1.31 bits per heavy atom. The Kier molecular flexibility index (Phi) is 9.35. The minimum Gasteiger partial charge on any atom is -0.309 e. The van der Waals surface area contributed by atoms with Crippen molar-refractivity contribution in [3.05, 3.63) is 215 Å². The van der Waals surface area contributed by atoms with Crippen molar-refractivity contribution in [3.63, 3.8) is 0 Å². The average molecular weight is 833 g/mol. The number of rotatable bonds is 6. The maximum Gasteiger partial charge on any atom is 0.0992 e. The second-order valence-electron chi connectivity index (χ2n) is 17.6. The molecular weight excluding hydrogens is 789 g/mol. The van der Waals surface area contributed by atoms with Gasteiger partial charge in [-0.25, -0.2) is 0 Å². The fraction of sp³-hybridized carbons (Fsp3) is 0.0820. The van der Waals surface area contributed by atoms with E-state index in [2.05, 4.69) is 208 Å². The first kappa shape index (κ1) is 39.4. The first-order valence-electron chi connectivity index (χ1n) is 22.1. The van der Waals surface area contributed by atoms with Crippen LogP contribution in [0.2, 0.25) is 0 Å². The topological polar surface area (TPSA) is 57.4 Å². The van der Waals surface area contributed by atoms with E-state index in [1.165, 1.54) is 49.7 Å². The summed E-state index contributed by atoms with van der Waals surface area (Å²) in [6, 6.07) is 68.0. The number of aryl methyl sites for hydroxylation is 5. The maximum absolute atomic E-state index is 10.5. The number of hydrogen-bond donors (Lipinski definition) is 0. The van der Waals surface area contributed by atoms with Gasteiger partial charge in [-0.15, -0.1) is 0 Å². The highest BCUT2D eigenvalue weighted by molar-refractivity contribution is 6.13. The molecule has 9 aromatic carbocycles. The quantitative estimate of drug-likeness (QED) is 0.168. The highest BCUT2D eigenvalue weighted by atomic mass is 15.0. The molecule has 0 saturated heterocycles. The third-order valence-corrected chi connectivity index (χ3v) is 13.0. The van der Waals surface area contributed by atoms with Crippen molar-refractivity contribution >= 4 is 43.6 Å². The summed E-state index contributed by atoms with van der Waals surface area (Å²) in [5, 5.41) is 24.9. The van der Waals surface area contributed by atoms with E-state index in [-0.39, 0.29) is 0 Å².